The summed E-state index contributed by atoms with van der Waals surface area (Å²) < 4.78 is 7.57. The Labute approximate surface area is 200 Å². The summed E-state index contributed by atoms with van der Waals surface area (Å²) >= 11 is 1.49. The predicted octanol–water partition coefficient (Wildman–Crippen LogP) is 5.52. The van der Waals surface area contributed by atoms with Crippen LogP contribution in [0, 0.1) is 6.92 Å². The summed E-state index contributed by atoms with van der Waals surface area (Å²) in [7, 11) is 3.53. The van der Waals surface area contributed by atoms with Gasteiger partial charge < -0.3 is 9.64 Å². The fourth-order valence-corrected chi connectivity index (χ4v) is 5.29. The molecule has 1 heterocycles. The van der Waals surface area contributed by atoms with E-state index in [1.165, 1.54) is 42.2 Å². The third kappa shape index (κ3) is 5.58. The first kappa shape index (κ1) is 23.4. The number of nitrogens with zero attached hydrogens (tertiary/aromatic N) is 4. The van der Waals surface area contributed by atoms with Gasteiger partial charge in [0.05, 0.1) is 12.9 Å². The monoisotopic (exact) mass is 464 g/mol. The van der Waals surface area contributed by atoms with Gasteiger partial charge in [0.15, 0.2) is 11.0 Å². The van der Waals surface area contributed by atoms with Crippen molar-refractivity contribution in [2.75, 3.05) is 19.9 Å². The van der Waals surface area contributed by atoms with Crippen LogP contribution in [0.5, 0.6) is 5.75 Å². The van der Waals surface area contributed by atoms with Gasteiger partial charge in [0.2, 0.25) is 5.91 Å². The zero-order valence-electron chi connectivity index (χ0n) is 19.7. The molecule has 0 saturated heterocycles. The van der Waals surface area contributed by atoms with Crippen molar-refractivity contribution in [2.45, 2.75) is 56.8 Å². The van der Waals surface area contributed by atoms with Crippen LogP contribution in [0.4, 0.5) is 0 Å². The molecule has 0 atom stereocenters. The van der Waals surface area contributed by atoms with Gasteiger partial charge in [-0.1, -0.05) is 55.3 Å². The number of thioether (sulfide) groups is 1. The largest absolute Gasteiger partial charge is 0.497 e. The number of benzene rings is 2. The molecule has 0 N–H and O–H groups in total. The summed E-state index contributed by atoms with van der Waals surface area (Å²) in [5, 5.41) is 9.88. The summed E-state index contributed by atoms with van der Waals surface area (Å²) in [6.07, 6.45) is 5.95. The lowest BCUT2D eigenvalue weighted by molar-refractivity contribution is -0.127. The maximum absolute atomic E-state index is 12.9. The van der Waals surface area contributed by atoms with Crippen molar-refractivity contribution in [3.05, 3.63) is 59.7 Å². The van der Waals surface area contributed by atoms with Gasteiger partial charge in [0.25, 0.3) is 0 Å². The van der Waals surface area contributed by atoms with Gasteiger partial charge in [-0.2, -0.15) is 0 Å². The highest BCUT2D eigenvalue weighted by molar-refractivity contribution is 7.99. The van der Waals surface area contributed by atoms with Crippen LogP contribution in [-0.4, -0.2) is 45.5 Å². The molecule has 0 radical (unpaired) electrons. The minimum Gasteiger partial charge on any atom is -0.497 e. The van der Waals surface area contributed by atoms with Crippen molar-refractivity contribution < 1.29 is 9.53 Å². The first-order valence-electron chi connectivity index (χ1n) is 11.6. The van der Waals surface area contributed by atoms with Crippen molar-refractivity contribution in [1.82, 2.24) is 19.7 Å². The number of amides is 1. The number of aromatic nitrogens is 3. The Morgan fingerprint density at radius 1 is 1.09 bits per heavy atom. The van der Waals surface area contributed by atoms with Crippen molar-refractivity contribution in [3.8, 4) is 17.1 Å². The standard InChI is InChI=1S/C26H32N4O2S/c1-19-9-7-8-10-21(19)17-29(2)24(31)18-33-26-28-27-25(20-13-15-23(32-3)16-14-20)30(26)22-11-5-4-6-12-22/h7-10,13-16,22H,4-6,11-12,17-18H2,1-3H3. The molecule has 0 spiro atoms. The highest BCUT2D eigenvalue weighted by Gasteiger charge is 2.24. The lowest BCUT2D eigenvalue weighted by atomic mass is 9.95. The van der Waals surface area contributed by atoms with E-state index < -0.39 is 0 Å². The van der Waals surface area contributed by atoms with Crippen LogP contribution in [0.25, 0.3) is 11.4 Å². The Morgan fingerprint density at radius 3 is 2.52 bits per heavy atom. The first-order valence-corrected chi connectivity index (χ1v) is 12.6. The molecule has 1 fully saturated rings. The predicted molar refractivity (Wildman–Crippen MR) is 133 cm³/mol. The quantitative estimate of drug-likeness (QED) is 0.411. The summed E-state index contributed by atoms with van der Waals surface area (Å²) in [6, 6.07) is 16.5. The molecule has 1 saturated carbocycles. The highest BCUT2D eigenvalue weighted by Crippen LogP contribution is 2.36. The van der Waals surface area contributed by atoms with Crippen LogP contribution in [-0.2, 0) is 11.3 Å². The molecule has 1 aliphatic carbocycles. The van der Waals surface area contributed by atoms with E-state index in [1.54, 1.807) is 12.0 Å². The van der Waals surface area contributed by atoms with Crippen molar-refractivity contribution >= 4 is 17.7 Å². The van der Waals surface area contributed by atoms with E-state index in [0.29, 0.717) is 18.3 Å². The van der Waals surface area contributed by atoms with E-state index in [4.69, 9.17) is 4.74 Å². The molecule has 4 rings (SSSR count). The number of hydrogen-bond acceptors (Lipinski definition) is 5. The zero-order chi connectivity index (χ0) is 23.2. The van der Waals surface area contributed by atoms with Gasteiger partial charge >= 0.3 is 0 Å². The molecule has 1 aromatic heterocycles. The summed E-state index contributed by atoms with van der Waals surface area (Å²) in [4.78, 5) is 14.7. The topological polar surface area (TPSA) is 60.3 Å². The fraction of sp³-hybridized carbons (Fsp3) is 0.423. The fourth-order valence-electron chi connectivity index (χ4n) is 4.35. The summed E-state index contributed by atoms with van der Waals surface area (Å²) in [5.74, 6) is 2.12. The maximum Gasteiger partial charge on any atom is 0.233 e. The molecular formula is C26H32N4O2S. The molecule has 1 amide bonds. The molecule has 0 unspecified atom stereocenters. The van der Waals surface area contributed by atoms with E-state index in [1.807, 2.05) is 43.4 Å². The van der Waals surface area contributed by atoms with Gasteiger partial charge in [-0.25, -0.2) is 0 Å². The molecule has 174 valence electrons. The Kier molecular flexibility index (Phi) is 7.70. The van der Waals surface area contributed by atoms with Gasteiger partial charge in [0.1, 0.15) is 5.75 Å². The molecule has 1 aliphatic rings. The third-order valence-electron chi connectivity index (χ3n) is 6.37. The Morgan fingerprint density at radius 2 is 1.82 bits per heavy atom. The lowest BCUT2D eigenvalue weighted by Gasteiger charge is -2.26. The van der Waals surface area contributed by atoms with E-state index in [0.717, 1.165) is 35.1 Å². The van der Waals surface area contributed by atoms with Crippen LogP contribution in [0.2, 0.25) is 0 Å². The SMILES string of the molecule is COc1ccc(-c2nnc(SCC(=O)N(C)Cc3ccccc3C)n2C2CCCCC2)cc1. The van der Waals surface area contributed by atoms with E-state index in [-0.39, 0.29) is 5.91 Å². The van der Waals surface area contributed by atoms with Gasteiger partial charge in [0, 0.05) is 25.2 Å². The van der Waals surface area contributed by atoms with Gasteiger partial charge in [-0.05, 0) is 55.2 Å². The molecule has 0 bridgehead atoms. The number of rotatable bonds is 8. The Bertz CT molecular complexity index is 1070. The van der Waals surface area contributed by atoms with Crippen molar-refractivity contribution in [1.29, 1.82) is 0 Å². The number of carbonyl (C=O) groups excluding carboxylic acids is 1. The molecule has 2 aromatic carbocycles. The number of ether oxygens (including phenoxy) is 1. The minimum atomic E-state index is 0.0902. The zero-order valence-corrected chi connectivity index (χ0v) is 20.5. The third-order valence-corrected chi connectivity index (χ3v) is 7.30. The number of carbonyl (C=O) groups is 1. The summed E-state index contributed by atoms with van der Waals surface area (Å²) in [5.41, 5.74) is 3.39. The second-order valence-corrected chi connectivity index (χ2v) is 9.60. The van der Waals surface area contributed by atoms with Crippen LogP contribution in [0.1, 0.15) is 49.3 Å². The highest BCUT2D eigenvalue weighted by atomic mass is 32.2. The Balaban J connectivity index is 1.51. The molecule has 0 aliphatic heterocycles. The second-order valence-electron chi connectivity index (χ2n) is 8.66. The molecule has 3 aromatic rings. The number of hydrogen-bond donors (Lipinski definition) is 0. The van der Waals surface area contributed by atoms with E-state index >= 15 is 0 Å². The Hall–Kier alpha value is -2.80. The summed E-state index contributed by atoms with van der Waals surface area (Å²) in [6.45, 7) is 2.69. The molecule has 6 nitrogen and oxygen atoms in total. The van der Waals surface area contributed by atoms with Crippen LogP contribution in [0.15, 0.2) is 53.7 Å². The first-order chi connectivity index (χ1) is 16.1. The number of aryl methyl sites for hydroxylation is 1. The van der Waals surface area contributed by atoms with Crippen molar-refractivity contribution in [3.63, 3.8) is 0 Å². The molecule has 33 heavy (non-hydrogen) atoms. The average Bonchev–Trinajstić information content (AvgIpc) is 3.28. The van der Waals surface area contributed by atoms with Crippen LogP contribution < -0.4 is 4.74 Å². The van der Waals surface area contributed by atoms with Gasteiger partial charge in [-0.15, -0.1) is 10.2 Å². The number of methoxy groups -OCH3 is 1. The molecule has 7 heteroatoms. The second kappa shape index (κ2) is 10.9. The minimum absolute atomic E-state index is 0.0902. The van der Waals surface area contributed by atoms with E-state index in [2.05, 4.69) is 33.8 Å². The van der Waals surface area contributed by atoms with Gasteiger partial charge in [-0.3, -0.25) is 9.36 Å². The van der Waals surface area contributed by atoms with Crippen molar-refractivity contribution in [2.24, 2.45) is 0 Å². The van der Waals surface area contributed by atoms with E-state index in [9.17, 15) is 4.79 Å². The average molecular weight is 465 g/mol. The lowest BCUT2D eigenvalue weighted by Crippen LogP contribution is -2.28. The normalized spacial score (nSPS) is 14.3. The maximum atomic E-state index is 12.9. The van der Waals surface area contributed by atoms with Crippen LogP contribution >= 0.6 is 11.8 Å². The molecular weight excluding hydrogens is 432 g/mol. The van der Waals surface area contributed by atoms with Crippen LogP contribution in [0.3, 0.4) is 0 Å². The smallest absolute Gasteiger partial charge is 0.233 e.